The molecule has 1 saturated heterocycles. The van der Waals surface area contributed by atoms with Crippen molar-refractivity contribution in [1.29, 1.82) is 0 Å². The zero-order chi connectivity index (χ0) is 24.4. The Morgan fingerprint density at radius 3 is 2.21 bits per heavy atom. The van der Waals surface area contributed by atoms with Crippen molar-refractivity contribution in [2.75, 3.05) is 42.5 Å². The molecule has 0 unspecified atom stereocenters. The molecule has 13 heteroatoms. The molecular formula is C20H23FN4O6S2. The van der Waals surface area contributed by atoms with Crippen molar-refractivity contribution in [2.24, 2.45) is 0 Å². The van der Waals surface area contributed by atoms with E-state index in [0.717, 1.165) is 22.7 Å². The van der Waals surface area contributed by atoms with Crippen LogP contribution in [-0.2, 0) is 24.8 Å². The Morgan fingerprint density at radius 1 is 0.970 bits per heavy atom. The van der Waals surface area contributed by atoms with Gasteiger partial charge in [0, 0.05) is 38.8 Å². The van der Waals surface area contributed by atoms with Gasteiger partial charge >= 0.3 is 0 Å². The topological polar surface area (TPSA) is 133 Å². The van der Waals surface area contributed by atoms with E-state index in [0.29, 0.717) is 5.69 Å². The second kappa shape index (κ2) is 9.45. The van der Waals surface area contributed by atoms with Crippen molar-refractivity contribution >= 4 is 43.2 Å². The summed E-state index contributed by atoms with van der Waals surface area (Å²) in [6.45, 7) is 1.32. The van der Waals surface area contributed by atoms with Gasteiger partial charge in [0.05, 0.1) is 22.4 Å². The number of sulfonamides is 2. The maximum absolute atomic E-state index is 13.5. The van der Waals surface area contributed by atoms with Crippen molar-refractivity contribution < 1.29 is 30.8 Å². The lowest BCUT2D eigenvalue weighted by Gasteiger charge is -2.34. The Hall–Kier alpha value is -3.03. The van der Waals surface area contributed by atoms with Crippen LogP contribution in [-0.4, -0.2) is 70.3 Å². The third-order valence-electron chi connectivity index (χ3n) is 4.83. The van der Waals surface area contributed by atoms with Crippen LogP contribution >= 0.6 is 0 Å². The molecule has 10 nitrogen and oxygen atoms in total. The van der Waals surface area contributed by atoms with E-state index in [9.17, 15) is 30.8 Å². The molecule has 3 rings (SSSR count). The molecule has 0 saturated carbocycles. The van der Waals surface area contributed by atoms with Crippen molar-refractivity contribution in [3.8, 4) is 0 Å². The zero-order valence-electron chi connectivity index (χ0n) is 17.9. The lowest BCUT2D eigenvalue weighted by atomic mass is 10.1. The molecule has 1 heterocycles. The Labute approximate surface area is 191 Å². The van der Waals surface area contributed by atoms with Crippen LogP contribution in [0, 0.1) is 5.82 Å². The van der Waals surface area contributed by atoms with Crippen LogP contribution in [0.1, 0.15) is 17.3 Å². The van der Waals surface area contributed by atoms with Gasteiger partial charge in [-0.05, 0) is 36.4 Å². The smallest absolute Gasteiger partial charge is 0.256 e. The minimum Gasteiger partial charge on any atom is -0.336 e. The molecule has 2 aromatic carbocycles. The van der Waals surface area contributed by atoms with E-state index >= 15 is 0 Å². The summed E-state index contributed by atoms with van der Waals surface area (Å²) in [6, 6.07) is 8.86. The second-order valence-corrected chi connectivity index (χ2v) is 11.2. The summed E-state index contributed by atoms with van der Waals surface area (Å²) in [5.41, 5.74) is 0.344. The van der Waals surface area contributed by atoms with Crippen LogP contribution in [0.4, 0.5) is 15.8 Å². The molecule has 2 N–H and O–H groups in total. The first-order valence-electron chi connectivity index (χ1n) is 9.81. The Kier molecular flexibility index (Phi) is 7.05. The molecule has 0 spiro atoms. The third-order valence-corrected chi connectivity index (χ3v) is 7.31. The van der Waals surface area contributed by atoms with Crippen LogP contribution in [0.15, 0.2) is 47.4 Å². The van der Waals surface area contributed by atoms with Gasteiger partial charge in [-0.1, -0.05) is 6.07 Å². The summed E-state index contributed by atoms with van der Waals surface area (Å²) in [6.07, 6.45) is 0.943. The summed E-state index contributed by atoms with van der Waals surface area (Å²) >= 11 is 0. The number of benzene rings is 2. The molecule has 2 aromatic rings. The third kappa shape index (κ3) is 6.06. The highest BCUT2D eigenvalue weighted by Gasteiger charge is 2.31. The van der Waals surface area contributed by atoms with Gasteiger partial charge in [0.1, 0.15) is 5.82 Å². The highest BCUT2D eigenvalue weighted by molar-refractivity contribution is 7.92. The average Bonchev–Trinajstić information content (AvgIpc) is 2.73. The number of halogens is 1. The van der Waals surface area contributed by atoms with Crippen LogP contribution in [0.5, 0.6) is 0 Å². The molecule has 33 heavy (non-hydrogen) atoms. The Balaban J connectivity index is 1.81. The first kappa shape index (κ1) is 24.6. The van der Waals surface area contributed by atoms with Gasteiger partial charge in [0.2, 0.25) is 26.0 Å². The molecule has 0 radical (unpaired) electrons. The van der Waals surface area contributed by atoms with Crippen molar-refractivity contribution in [3.63, 3.8) is 0 Å². The summed E-state index contributed by atoms with van der Waals surface area (Å²) in [5.74, 6) is -1.57. The maximum Gasteiger partial charge on any atom is 0.256 e. The van der Waals surface area contributed by atoms with Gasteiger partial charge in [0.25, 0.3) is 5.91 Å². The van der Waals surface area contributed by atoms with Crippen molar-refractivity contribution in [3.05, 3.63) is 53.8 Å². The molecule has 178 valence electrons. The molecular weight excluding hydrogens is 475 g/mol. The summed E-state index contributed by atoms with van der Waals surface area (Å²) in [7, 11) is -7.62. The SMILES string of the molecule is CC(=O)Nc1ccc(NS(C)(=O)=O)c(C(=O)N2CCN(S(=O)(=O)c3cccc(F)c3)CC2)c1. The minimum atomic E-state index is -3.93. The van der Waals surface area contributed by atoms with Crippen molar-refractivity contribution in [2.45, 2.75) is 11.8 Å². The fraction of sp³-hybridized carbons (Fsp3) is 0.300. The molecule has 1 aliphatic rings. The fourth-order valence-electron chi connectivity index (χ4n) is 3.37. The highest BCUT2D eigenvalue weighted by Crippen LogP contribution is 2.25. The number of carbonyl (C=O) groups is 2. The number of anilines is 2. The number of rotatable bonds is 6. The number of amides is 2. The molecule has 1 aliphatic heterocycles. The summed E-state index contributed by atoms with van der Waals surface area (Å²) in [4.78, 5) is 25.8. The Morgan fingerprint density at radius 2 is 1.64 bits per heavy atom. The number of piperazine rings is 1. The number of carbonyl (C=O) groups excluding carboxylic acids is 2. The lowest BCUT2D eigenvalue weighted by molar-refractivity contribution is -0.114. The monoisotopic (exact) mass is 498 g/mol. The molecule has 2 amide bonds. The molecule has 0 atom stereocenters. The van der Waals surface area contributed by atoms with Gasteiger partial charge < -0.3 is 10.2 Å². The van der Waals surface area contributed by atoms with E-state index in [2.05, 4.69) is 10.0 Å². The number of hydrogen-bond acceptors (Lipinski definition) is 6. The first-order valence-corrected chi connectivity index (χ1v) is 13.1. The quantitative estimate of drug-likeness (QED) is 0.617. The van der Waals surface area contributed by atoms with E-state index in [1.54, 1.807) is 0 Å². The minimum absolute atomic E-state index is 0.00751. The van der Waals surface area contributed by atoms with E-state index < -0.39 is 31.8 Å². The van der Waals surface area contributed by atoms with Crippen LogP contribution in [0.25, 0.3) is 0 Å². The number of nitrogens with zero attached hydrogens (tertiary/aromatic N) is 2. The van der Waals surface area contributed by atoms with Gasteiger partial charge in [-0.25, -0.2) is 21.2 Å². The molecule has 0 aromatic heterocycles. The molecule has 0 bridgehead atoms. The zero-order valence-corrected chi connectivity index (χ0v) is 19.5. The fourth-order valence-corrected chi connectivity index (χ4v) is 5.40. The van der Waals surface area contributed by atoms with E-state index in [4.69, 9.17) is 0 Å². The van der Waals surface area contributed by atoms with Gasteiger partial charge in [-0.2, -0.15) is 4.31 Å². The summed E-state index contributed by atoms with van der Waals surface area (Å²) in [5, 5.41) is 2.54. The Bertz CT molecular complexity index is 1290. The van der Waals surface area contributed by atoms with Crippen molar-refractivity contribution in [1.82, 2.24) is 9.21 Å². The predicted molar refractivity (Wildman–Crippen MR) is 120 cm³/mol. The van der Waals surface area contributed by atoms with Crippen LogP contribution in [0.3, 0.4) is 0 Å². The van der Waals surface area contributed by atoms with Gasteiger partial charge in [-0.3, -0.25) is 14.3 Å². The highest BCUT2D eigenvalue weighted by atomic mass is 32.2. The van der Waals surface area contributed by atoms with E-state index in [1.807, 2.05) is 0 Å². The first-order chi connectivity index (χ1) is 15.4. The molecule has 1 fully saturated rings. The predicted octanol–water partition coefficient (Wildman–Crippen LogP) is 1.30. The summed E-state index contributed by atoms with van der Waals surface area (Å²) < 4.78 is 65.9. The van der Waals surface area contributed by atoms with Crippen LogP contribution in [0.2, 0.25) is 0 Å². The van der Waals surface area contributed by atoms with Gasteiger partial charge in [-0.15, -0.1) is 0 Å². The van der Waals surface area contributed by atoms with E-state index in [1.165, 1.54) is 42.2 Å². The maximum atomic E-state index is 13.5. The normalized spacial score (nSPS) is 15.2. The lowest BCUT2D eigenvalue weighted by Crippen LogP contribution is -2.50. The second-order valence-electron chi connectivity index (χ2n) is 7.47. The number of nitrogens with one attached hydrogen (secondary N) is 2. The van der Waals surface area contributed by atoms with Crippen LogP contribution < -0.4 is 10.0 Å². The van der Waals surface area contributed by atoms with E-state index in [-0.39, 0.29) is 48.2 Å². The molecule has 0 aliphatic carbocycles. The number of hydrogen-bond donors (Lipinski definition) is 2. The van der Waals surface area contributed by atoms with Gasteiger partial charge in [0.15, 0.2) is 0 Å². The average molecular weight is 499 g/mol. The largest absolute Gasteiger partial charge is 0.336 e. The standard InChI is InChI=1S/C20H23FN4O6S2/c1-14(26)22-16-6-7-19(23-32(2,28)29)18(13-16)20(27)24-8-10-25(11-9-24)33(30,31)17-5-3-4-15(21)12-17/h3-7,12-13,23H,8-11H2,1-2H3,(H,22,26).